The average Bonchev–Trinajstić information content (AvgIpc) is 3.40. The minimum atomic E-state index is -0.742. The highest BCUT2D eigenvalue weighted by atomic mass is 16.6. The third-order valence-electron chi connectivity index (χ3n) is 4.02. The smallest absolute Gasteiger partial charge is 0.426 e. The molecule has 8 nitrogen and oxygen atoms in total. The van der Waals surface area contributed by atoms with Gasteiger partial charge in [-0.05, 0) is 39.2 Å². The molecule has 1 fully saturated rings. The Hall–Kier alpha value is -3.16. The van der Waals surface area contributed by atoms with Gasteiger partial charge in [0.05, 0.1) is 11.1 Å². The van der Waals surface area contributed by atoms with Crippen LogP contribution in [0.25, 0.3) is 0 Å². The molecule has 0 unspecified atom stereocenters. The first-order valence-electron chi connectivity index (χ1n) is 8.73. The van der Waals surface area contributed by atoms with Gasteiger partial charge in [0.2, 0.25) is 5.95 Å². The molecule has 0 atom stereocenters. The summed E-state index contributed by atoms with van der Waals surface area (Å²) in [5.41, 5.74) is 5.08. The van der Waals surface area contributed by atoms with Crippen molar-refractivity contribution in [3.8, 4) is 0 Å². The van der Waals surface area contributed by atoms with Crippen LogP contribution in [0.1, 0.15) is 49.5 Å². The van der Waals surface area contributed by atoms with Crippen LogP contribution >= 0.6 is 0 Å². The molecule has 8 heteroatoms. The predicted molar refractivity (Wildman–Crippen MR) is 99.8 cm³/mol. The molecule has 1 aliphatic carbocycles. The SMILES string of the molecule is CC(C)(C)OC(=O)NNC(=O)c1cnc(NC2(c3ccccc3)CC2)nc1. The molecule has 27 heavy (non-hydrogen) atoms. The number of hydrazine groups is 1. The molecule has 1 saturated carbocycles. The van der Waals surface area contributed by atoms with E-state index in [4.69, 9.17) is 4.74 Å². The number of anilines is 1. The van der Waals surface area contributed by atoms with E-state index in [-0.39, 0.29) is 11.1 Å². The highest BCUT2D eigenvalue weighted by Gasteiger charge is 2.44. The summed E-state index contributed by atoms with van der Waals surface area (Å²) in [6.45, 7) is 5.20. The lowest BCUT2D eigenvalue weighted by molar-refractivity contribution is 0.0483. The fourth-order valence-electron chi connectivity index (χ4n) is 2.58. The fraction of sp³-hybridized carbons (Fsp3) is 0.368. The van der Waals surface area contributed by atoms with Gasteiger partial charge in [-0.15, -0.1) is 0 Å². The van der Waals surface area contributed by atoms with Crippen molar-refractivity contribution >= 4 is 17.9 Å². The van der Waals surface area contributed by atoms with Crippen molar-refractivity contribution in [1.82, 2.24) is 20.8 Å². The summed E-state index contributed by atoms with van der Waals surface area (Å²) in [4.78, 5) is 32.0. The van der Waals surface area contributed by atoms with Crippen molar-refractivity contribution < 1.29 is 14.3 Å². The molecule has 0 spiro atoms. The van der Waals surface area contributed by atoms with Crippen LogP contribution in [0.4, 0.5) is 10.7 Å². The van der Waals surface area contributed by atoms with E-state index >= 15 is 0 Å². The highest BCUT2D eigenvalue weighted by Crippen LogP contribution is 2.47. The van der Waals surface area contributed by atoms with Gasteiger partial charge in [0.15, 0.2) is 0 Å². The molecule has 1 aromatic carbocycles. The lowest BCUT2D eigenvalue weighted by Gasteiger charge is -2.19. The Morgan fingerprint density at radius 2 is 1.67 bits per heavy atom. The van der Waals surface area contributed by atoms with Gasteiger partial charge in [0.1, 0.15) is 5.60 Å². The summed E-state index contributed by atoms with van der Waals surface area (Å²) in [6, 6.07) is 10.1. The zero-order chi connectivity index (χ0) is 19.5. The van der Waals surface area contributed by atoms with Gasteiger partial charge in [-0.25, -0.2) is 20.2 Å². The standard InChI is InChI=1S/C19H23N5O3/c1-18(2,3)27-17(26)24-23-15(25)13-11-20-16(21-12-13)22-19(9-10-19)14-7-5-4-6-8-14/h4-8,11-12H,9-10H2,1-3H3,(H,23,25)(H,24,26)(H,20,21,22). The second-order valence-corrected chi connectivity index (χ2v) is 7.45. The second kappa shape index (κ2) is 7.22. The molecule has 1 aromatic heterocycles. The van der Waals surface area contributed by atoms with Crippen molar-refractivity contribution in [2.24, 2.45) is 0 Å². The van der Waals surface area contributed by atoms with Crippen molar-refractivity contribution in [1.29, 1.82) is 0 Å². The number of aromatic nitrogens is 2. The number of ether oxygens (including phenoxy) is 1. The number of carbonyl (C=O) groups is 2. The van der Waals surface area contributed by atoms with Gasteiger partial charge in [0.25, 0.3) is 5.91 Å². The van der Waals surface area contributed by atoms with Crippen LogP contribution in [0, 0.1) is 0 Å². The van der Waals surface area contributed by atoms with Crippen molar-refractivity contribution in [2.75, 3.05) is 5.32 Å². The highest BCUT2D eigenvalue weighted by molar-refractivity contribution is 5.94. The zero-order valence-electron chi connectivity index (χ0n) is 15.6. The van der Waals surface area contributed by atoms with Gasteiger partial charge in [-0.1, -0.05) is 30.3 Å². The summed E-state index contributed by atoms with van der Waals surface area (Å²) >= 11 is 0. The monoisotopic (exact) mass is 369 g/mol. The maximum Gasteiger partial charge on any atom is 0.426 e. The third kappa shape index (κ3) is 4.93. The van der Waals surface area contributed by atoms with Gasteiger partial charge >= 0.3 is 6.09 Å². The molecule has 0 saturated heterocycles. The van der Waals surface area contributed by atoms with Crippen LogP contribution in [0.3, 0.4) is 0 Å². The van der Waals surface area contributed by atoms with Crippen LogP contribution in [0.2, 0.25) is 0 Å². The Morgan fingerprint density at radius 1 is 1.04 bits per heavy atom. The lowest BCUT2D eigenvalue weighted by atomic mass is 10.1. The minimum absolute atomic E-state index is 0.136. The molecule has 1 aliphatic rings. The topological polar surface area (TPSA) is 105 Å². The van der Waals surface area contributed by atoms with Crippen molar-refractivity contribution in [2.45, 2.75) is 44.8 Å². The summed E-state index contributed by atoms with van der Waals surface area (Å²) < 4.78 is 5.04. The maximum atomic E-state index is 12.1. The van der Waals surface area contributed by atoms with Crippen molar-refractivity contribution in [3.05, 3.63) is 53.9 Å². The first kappa shape index (κ1) is 18.6. The number of amides is 2. The van der Waals surface area contributed by atoms with Crippen LogP contribution in [-0.4, -0.2) is 27.6 Å². The minimum Gasteiger partial charge on any atom is -0.443 e. The molecule has 0 radical (unpaired) electrons. The number of carbonyl (C=O) groups excluding carboxylic acids is 2. The Kier molecular flexibility index (Phi) is 4.98. The average molecular weight is 369 g/mol. The van der Waals surface area contributed by atoms with E-state index in [0.717, 1.165) is 12.8 Å². The first-order chi connectivity index (χ1) is 12.8. The van der Waals surface area contributed by atoms with Crippen LogP contribution in [0.5, 0.6) is 0 Å². The second-order valence-electron chi connectivity index (χ2n) is 7.45. The van der Waals surface area contributed by atoms with E-state index in [2.05, 4.69) is 38.3 Å². The van der Waals surface area contributed by atoms with E-state index in [1.54, 1.807) is 20.8 Å². The van der Waals surface area contributed by atoms with Crippen LogP contribution in [-0.2, 0) is 10.3 Å². The number of rotatable bonds is 4. The molecule has 0 bridgehead atoms. The van der Waals surface area contributed by atoms with E-state index in [0.29, 0.717) is 5.95 Å². The zero-order valence-corrected chi connectivity index (χ0v) is 15.6. The van der Waals surface area contributed by atoms with Gasteiger partial charge in [-0.3, -0.25) is 10.2 Å². The summed E-state index contributed by atoms with van der Waals surface area (Å²) in [6.07, 6.45) is 4.07. The van der Waals surface area contributed by atoms with E-state index in [1.165, 1.54) is 18.0 Å². The Bertz CT molecular complexity index is 811. The van der Waals surface area contributed by atoms with E-state index in [9.17, 15) is 9.59 Å². The normalized spacial score (nSPS) is 14.8. The van der Waals surface area contributed by atoms with E-state index in [1.807, 2.05) is 18.2 Å². The molecule has 2 aromatic rings. The van der Waals surface area contributed by atoms with Gasteiger partial charge in [-0.2, -0.15) is 0 Å². The molecule has 1 heterocycles. The molecule has 2 amide bonds. The molecular weight excluding hydrogens is 346 g/mol. The molecular formula is C19H23N5O3. The summed E-state index contributed by atoms with van der Waals surface area (Å²) in [5.74, 6) is -0.0791. The molecule has 142 valence electrons. The molecule has 0 aliphatic heterocycles. The Labute approximate surface area is 157 Å². The quantitative estimate of drug-likeness (QED) is 0.716. The summed E-state index contributed by atoms with van der Waals surface area (Å²) in [5, 5.41) is 3.34. The van der Waals surface area contributed by atoms with Gasteiger partial charge in [0, 0.05) is 12.4 Å². The predicted octanol–water partition coefficient (Wildman–Crippen LogP) is 2.75. The van der Waals surface area contributed by atoms with Gasteiger partial charge < -0.3 is 10.1 Å². The fourth-order valence-corrected chi connectivity index (χ4v) is 2.58. The molecule has 3 rings (SSSR count). The number of hydrogen-bond acceptors (Lipinski definition) is 6. The number of nitrogens with one attached hydrogen (secondary N) is 3. The number of benzene rings is 1. The Balaban J connectivity index is 1.56. The number of hydrogen-bond donors (Lipinski definition) is 3. The number of nitrogens with zero attached hydrogens (tertiary/aromatic N) is 2. The van der Waals surface area contributed by atoms with Crippen LogP contribution in [0.15, 0.2) is 42.7 Å². The maximum absolute atomic E-state index is 12.1. The van der Waals surface area contributed by atoms with Crippen LogP contribution < -0.4 is 16.2 Å². The van der Waals surface area contributed by atoms with Crippen molar-refractivity contribution in [3.63, 3.8) is 0 Å². The largest absolute Gasteiger partial charge is 0.443 e. The summed E-state index contributed by atoms with van der Waals surface area (Å²) in [7, 11) is 0. The lowest BCUT2D eigenvalue weighted by Crippen LogP contribution is -2.44. The Morgan fingerprint density at radius 3 is 2.22 bits per heavy atom. The first-order valence-corrected chi connectivity index (χ1v) is 8.73. The van der Waals surface area contributed by atoms with E-state index < -0.39 is 17.6 Å². The molecule has 3 N–H and O–H groups in total. The third-order valence-corrected chi connectivity index (χ3v) is 4.02.